The van der Waals surface area contributed by atoms with Gasteiger partial charge in [-0.1, -0.05) is 122 Å². The number of aromatic hydroxyl groups is 1. The zero-order valence-electron chi connectivity index (χ0n) is 18.9. The highest BCUT2D eigenvalue weighted by atomic mass is 17.1. The van der Waals surface area contributed by atoms with Crippen molar-refractivity contribution in [2.24, 2.45) is 0 Å². The number of fused-ring (bicyclic) bond motifs is 1. The summed E-state index contributed by atoms with van der Waals surface area (Å²) >= 11 is 0. The molecule has 0 heterocycles. The first-order chi connectivity index (χ1) is 13.6. The molecular weight excluding hydrogens is 360 g/mol. The molecule has 0 atom stereocenters. The van der Waals surface area contributed by atoms with Crippen LogP contribution in [0.3, 0.4) is 0 Å². The van der Waals surface area contributed by atoms with Crippen molar-refractivity contribution in [3.63, 3.8) is 0 Å². The molecule has 0 unspecified atom stereocenters. The molecule has 3 rings (SSSR count). The first kappa shape index (κ1) is 34.2. The lowest BCUT2D eigenvalue weighted by molar-refractivity contribution is -0.269. The Morgan fingerprint density at radius 3 is 1.31 bits per heavy atom. The minimum Gasteiger partial charge on any atom is -0.507 e. The van der Waals surface area contributed by atoms with Crippen LogP contribution in [0, 0.1) is 0 Å². The Hall–Kier alpha value is -2.36. The standard InChI is InChI=1S/C10H8O.C6H6.C3H8O2.3C2H6.CH4/c11-10-7-3-5-8-4-1-2-6-9(8)10;1-2-4-6-5-3-1;1-3(2)5-4;3*1-2;/h1-7,11H;1-6H;3-4H,1-2H3;3*1-2H3;1H4. The fourth-order valence-electron chi connectivity index (χ4n) is 1.59. The number of hydrogen-bond donors (Lipinski definition) is 2. The van der Waals surface area contributed by atoms with E-state index >= 15 is 0 Å². The molecule has 2 N–H and O–H groups in total. The molecule has 0 saturated carbocycles. The first-order valence-corrected chi connectivity index (χ1v) is 10.1. The van der Waals surface area contributed by atoms with Gasteiger partial charge in [0.25, 0.3) is 0 Å². The molecule has 3 aromatic carbocycles. The van der Waals surface area contributed by atoms with Crippen LogP contribution < -0.4 is 0 Å². The highest BCUT2D eigenvalue weighted by Gasteiger charge is 1.94. The predicted octanol–water partition coefficient (Wildman–Crippen LogP) is 8.83. The molecule has 0 aromatic heterocycles. The van der Waals surface area contributed by atoms with Gasteiger partial charge in [0.1, 0.15) is 5.75 Å². The molecule has 3 aromatic rings. The molecule has 0 aliphatic heterocycles. The van der Waals surface area contributed by atoms with Gasteiger partial charge in [-0.3, -0.25) is 5.26 Å². The molecule has 29 heavy (non-hydrogen) atoms. The fourth-order valence-corrected chi connectivity index (χ4v) is 1.59. The Kier molecular flexibility index (Phi) is 32.8. The van der Waals surface area contributed by atoms with Gasteiger partial charge in [0, 0.05) is 5.39 Å². The Morgan fingerprint density at radius 2 is 0.966 bits per heavy atom. The minimum atomic E-state index is -0.0602. The number of rotatable bonds is 1. The number of phenols is 1. The van der Waals surface area contributed by atoms with Gasteiger partial charge < -0.3 is 5.11 Å². The van der Waals surface area contributed by atoms with E-state index in [-0.39, 0.29) is 13.5 Å². The summed E-state index contributed by atoms with van der Waals surface area (Å²) in [4.78, 5) is 3.75. The van der Waals surface area contributed by atoms with Crippen LogP contribution in [-0.2, 0) is 4.89 Å². The van der Waals surface area contributed by atoms with E-state index in [9.17, 15) is 5.11 Å². The van der Waals surface area contributed by atoms with Crippen molar-refractivity contribution in [3.05, 3.63) is 78.9 Å². The fraction of sp³-hybridized carbons (Fsp3) is 0.385. The smallest absolute Gasteiger partial charge is 0.123 e. The van der Waals surface area contributed by atoms with E-state index in [1.807, 2.05) is 114 Å². The SMILES string of the molecule is C.CC.CC.CC.CC(C)OO.Oc1cccc2ccccc12.c1ccccc1. The van der Waals surface area contributed by atoms with E-state index in [2.05, 4.69) is 4.89 Å². The normalized spacial score (nSPS) is 7.79. The number of benzene rings is 3. The molecule has 0 amide bonds. The Labute approximate surface area is 179 Å². The average molecular weight is 405 g/mol. The maximum absolute atomic E-state index is 9.37. The van der Waals surface area contributed by atoms with Gasteiger partial charge in [-0.15, -0.1) is 0 Å². The molecule has 0 saturated heterocycles. The largest absolute Gasteiger partial charge is 0.507 e. The zero-order chi connectivity index (χ0) is 22.2. The van der Waals surface area contributed by atoms with E-state index in [0.29, 0.717) is 5.75 Å². The Balaban J connectivity index is -0.000000151. The van der Waals surface area contributed by atoms with Gasteiger partial charge in [-0.05, 0) is 25.3 Å². The second kappa shape index (κ2) is 27.9. The second-order valence-electron chi connectivity index (χ2n) is 4.81. The molecule has 166 valence electrons. The topological polar surface area (TPSA) is 49.7 Å². The van der Waals surface area contributed by atoms with Gasteiger partial charge in [0.05, 0.1) is 6.10 Å². The summed E-state index contributed by atoms with van der Waals surface area (Å²) in [5.74, 6) is 0.350. The monoisotopic (exact) mass is 404 g/mol. The van der Waals surface area contributed by atoms with Crippen LogP contribution in [0.4, 0.5) is 0 Å². The van der Waals surface area contributed by atoms with Crippen LogP contribution in [0.2, 0.25) is 0 Å². The van der Waals surface area contributed by atoms with Crippen molar-refractivity contribution in [1.82, 2.24) is 0 Å². The highest BCUT2D eigenvalue weighted by Crippen LogP contribution is 2.22. The van der Waals surface area contributed by atoms with Crippen molar-refractivity contribution >= 4 is 10.8 Å². The third kappa shape index (κ3) is 20.2. The summed E-state index contributed by atoms with van der Waals surface area (Å²) in [5, 5.41) is 19.0. The van der Waals surface area contributed by atoms with Crippen molar-refractivity contribution in [2.45, 2.75) is 68.9 Å². The van der Waals surface area contributed by atoms with Gasteiger partial charge in [-0.2, -0.15) is 0 Å². The molecule has 3 nitrogen and oxygen atoms in total. The molecule has 0 bridgehead atoms. The molecule has 3 heteroatoms. The highest BCUT2D eigenvalue weighted by molar-refractivity contribution is 5.87. The lowest BCUT2D eigenvalue weighted by Crippen LogP contribution is -1.95. The van der Waals surface area contributed by atoms with Crippen LogP contribution in [0.15, 0.2) is 78.9 Å². The Bertz CT molecular complexity index is 606. The third-order valence-electron chi connectivity index (χ3n) is 2.64. The zero-order valence-corrected chi connectivity index (χ0v) is 18.9. The molecular formula is C26H44O3. The maximum atomic E-state index is 9.37. The van der Waals surface area contributed by atoms with Crippen LogP contribution in [-0.4, -0.2) is 16.5 Å². The molecule has 0 radical (unpaired) electrons. The lowest BCUT2D eigenvalue weighted by Gasteiger charge is -1.97. The summed E-state index contributed by atoms with van der Waals surface area (Å²) in [6, 6.07) is 25.3. The Morgan fingerprint density at radius 1 is 0.621 bits per heavy atom. The summed E-state index contributed by atoms with van der Waals surface area (Å²) in [6.07, 6.45) is -0.0602. The van der Waals surface area contributed by atoms with Gasteiger partial charge in [0.2, 0.25) is 0 Å². The quantitative estimate of drug-likeness (QED) is 0.314. The van der Waals surface area contributed by atoms with Gasteiger partial charge in [-0.25, -0.2) is 4.89 Å². The van der Waals surface area contributed by atoms with E-state index in [1.165, 1.54) is 0 Å². The molecule has 0 aliphatic carbocycles. The minimum absolute atomic E-state index is 0. The summed E-state index contributed by atoms with van der Waals surface area (Å²) in [7, 11) is 0. The average Bonchev–Trinajstić information content (AvgIpc) is 2.80. The summed E-state index contributed by atoms with van der Waals surface area (Å²) < 4.78 is 0. The molecule has 0 aliphatic rings. The van der Waals surface area contributed by atoms with E-state index in [4.69, 9.17) is 5.26 Å². The maximum Gasteiger partial charge on any atom is 0.123 e. The summed E-state index contributed by atoms with van der Waals surface area (Å²) in [6.45, 7) is 15.5. The van der Waals surface area contributed by atoms with Gasteiger partial charge in [0.15, 0.2) is 0 Å². The van der Waals surface area contributed by atoms with E-state index in [0.717, 1.165) is 10.8 Å². The molecule has 0 spiro atoms. The summed E-state index contributed by atoms with van der Waals surface area (Å²) in [5.41, 5.74) is 0. The number of hydrogen-bond acceptors (Lipinski definition) is 3. The lowest BCUT2D eigenvalue weighted by atomic mass is 10.1. The number of phenolic OH excluding ortho intramolecular Hbond substituents is 1. The van der Waals surface area contributed by atoms with Crippen LogP contribution >= 0.6 is 0 Å². The van der Waals surface area contributed by atoms with E-state index in [1.54, 1.807) is 19.9 Å². The molecule has 0 fully saturated rings. The second-order valence-corrected chi connectivity index (χ2v) is 4.81. The third-order valence-corrected chi connectivity index (χ3v) is 2.64. The van der Waals surface area contributed by atoms with Crippen LogP contribution in [0.5, 0.6) is 5.75 Å². The van der Waals surface area contributed by atoms with Crippen molar-refractivity contribution < 1.29 is 15.3 Å². The van der Waals surface area contributed by atoms with Crippen molar-refractivity contribution in [3.8, 4) is 5.75 Å². The van der Waals surface area contributed by atoms with Gasteiger partial charge >= 0.3 is 0 Å². The van der Waals surface area contributed by atoms with Crippen LogP contribution in [0.25, 0.3) is 10.8 Å². The predicted molar refractivity (Wildman–Crippen MR) is 132 cm³/mol. The first-order valence-electron chi connectivity index (χ1n) is 10.1. The van der Waals surface area contributed by atoms with Crippen LogP contribution in [0.1, 0.15) is 62.8 Å². The van der Waals surface area contributed by atoms with Crippen molar-refractivity contribution in [1.29, 1.82) is 0 Å². The van der Waals surface area contributed by atoms with E-state index < -0.39 is 0 Å². The van der Waals surface area contributed by atoms with Crippen molar-refractivity contribution in [2.75, 3.05) is 0 Å².